The van der Waals surface area contributed by atoms with Gasteiger partial charge in [-0.2, -0.15) is 0 Å². The molecule has 138 valence electrons. The van der Waals surface area contributed by atoms with E-state index in [0.29, 0.717) is 6.04 Å². The van der Waals surface area contributed by atoms with Gasteiger partial charge in [0.05, 0.1) is 18.8 Å². The van der Waals surface area contributed by atoms with Crippen LogP contribution in [0.15, 0.2) is 0 Å². The molecule has 0 unspecified atom stereocenters. The molecule has 1 fully saturated rings. The highest BCUT2D eigenvalue weighted by atomic mass is 28.4. The van der Waals surface area contributed by atoms with Crippen molar-refractivity contribution >= 4 is 16.6 Å². The van der Waals surface area contributed by atoms with E-state index < -0.39 is 16.6 Å². The molecular formula is C17H39NO3Si2. The van der Waals surface area contributed by atoms with Crippen LogP contribution >= 0.6 is 0 Å². The van der Waals surface area contributed by atoms with E-state index in [4.69, 9.17) is 8.85 Å². The standard InChI is InChI=1S/C17H39NO3Si2/c1-7-22(8-2,9-3)20-16(14-19)17(15-13-18-15)21-23(10-4,11-5)12-6/h15-19H,7-14H2,1-6H3/t15-,16+,17+/m0/s1. The van der Waals surface area contributed by atoms with Crippen molar-refractivity contribution < 1.29 is 14.0 Å². The lowest BCUT2D eigenvalue weighted by atomic mass is 10.1. The predicted molar refractivity (Wildman–Crippen MR) is 103 cm³/mol. The van der Waals surface area contributed by atoms with Gasteiger partial charge < -0.3 is 19.3 Å². The van der Waals surface area contributed by atoms with E-state index in [1.165, 1.54) is 0 Å². The van der Waals surface area contributed by atoms with Crippen molar-refractivity contribution in [3.63, 3.8) is 0 Å². The first-order chi connectivity index (χ1) is 11.0. The Balaban J connectivity index is 2.92. The summed E-state index contributed by atoms with van der Waals surface area (Å²) in [7, 11) is -3.44. The van der Waals surface area contributed by atoms with Crippen molar-refractivity contribution in [1.29, 1.82) is 0 Å². The topological polar surface area (TPSA) is 60.6 Å². The summed E-state index contributed by atoms with van der Waals surface area (Å²) < 4.78 is 13.4. The summed E-state index contributed by atoms with van der Waals surface area (Å²) in [6.07, 6.45) is -0.152. The molecular weight excluding hydrogens is 322 g/mol. The Morgan fingerprint density at radius 2 is 1.26 bits per heavy atom. The van der Waals surface area contributed by atoms with Gasteiger partial charge in [0.15, 0.2) is 16.6 Å². The van der Waals surface area contributed by atoms with Crippen LogP contribution in [0.4, 0.5) is 0 Å². The largest absolute Gasteiger partial charge is 0.410 e. The molecule has 3 atom stereocenters. The van der Waals surface area contributed by atoms with Crippen LogP contribution in [-0.4, -0.2) is 53.1 Å². The summed E-state index contributed by atoms with van der Waals surface area (Å²) in [5, 5.41) is 13.4. The number of hydrogen-bond donors (Lipinski definition) is 2. The first-order valence-electron chi connectivity index (χ1n) is 9.69. The maximum Gasteiger partial charge on any atom is 0.192 e. The Labute approximate surface area is 145 Å². The van der Waals surface area contributed by atoms with Crippen molar-refractivity contribution in [2.45, 2.75) is 96.1 Å². The number of aliphatic hydroxyl groups excluding tert-OH is 1. The molecule has 2 N–H and O–H groups in total. The summed E-state index contributed by atoms with van der Waals surface area (Å²) >= 11 is 0. The van der Waals surface area contributed by atoms with Crippen LogP contribution in [0.1, 0.15) is 41.5 Å². The first kappa shape index (κ1) is 21.3. The Morgan fingerprint density at radius 1 is 0.870 bits per heavy atom. The van der Waals surface area contributed by atoms with Gasteiger partial charge in [-0.25, -0.2) is 0 Å². The van der Waals surface area contributed by atoms with E-state index in [1.54, 1.807) is 0 Å². The molecule has 23 heavy (non-hydrogen) atoms. The Bertz CT molecular complexity index is 315. The van der Waals surface area contributed by atoms with Gasteiger partial charge in [0.2, 0.25) is 0 Å². The molecule has 0 radical (unpaired) electrons. The maximum atomic E-state index is 10.0. The number of hydrogen-bond acceptors (Lipinski definition) is 4. The third-order valence-corrected chi connectivity index (χ3v) is 15.3. The van der Waals surface area contributed by atoms with Gasteiger partial charge in [-0.1, -0.05) is 41.5 Å². The number of nitrogens with one attached hydrogen (secondary N) is 1. The molecule has 0 bridgehead atoms. The average molecular weight is 362 g/mol. The van der Waals surface area contributed by atoms with Crippen molar-refractivity contribution in [1.82, 2.24) is 5.32 Å². The predicted octanol–water partition coefficient (Wildman–Crippen LogP) is 3.73. The molecule has 1 aliphatic heterocycles. The van der Waals surface area contributed by atoms with Gasteiger partial charge in [0.1, 0.15) is 0 Å². The minimum atomic E-state index is -1.74. The molecule has 0 aromatic heterocycles. The van der Waals surface area contributed by atoms with Crippen molar-refractivity contribution in [2.24, 2.45) is 0 Å². The van der Waals surface area contributed by atoms with E-state index in [9.17, 15) is 5.11 Å². The second kappa shape index (κ2) is 9.68. The van der Waals surface area contributed by atoms with E-state index in [1.807, 2.05) is 0 Å². The zero-order chi connectivity index (χ0) is 17.5. The van der Waals surface area contributed by atoms with Crippen LogP contribution in [0.5, 0.6) is 0 Å². The Morgan fingerprint density at radius 3 is 1.57 bits per heavy atom. The monoisotopic (exact) mass is 361 g/mol. The Kier molecular flexibility index (Phi) is 8.97. The highest BCUT2D eigenvalue weighted by Crippen LogP contribution is 2.31. The second-order valence-electron chi connectivity index (χ2n) is 6.92. The Hall–Kier alpha value is 0.274. The van der Waals surface area contributed by atoms with Gasteiger partial charge in [0, 0.05) is 12.6 Å². The summed E-state index contributed by atoms with van der Waals surface area (Å²) in [5.74, 6) is 0. The van der Waals surface area contributed by atoms with Crippen LogP contribution < -0.4 is 5.32 Å². The molecule has 0 aliphatic carbocycles. The zero-order valence-electron chi connectivity index (χ0n) is 16.2. The normalized spacial score (nSPS) is 21.3. The van der Waals surface area contributed by atoms with Gasteiger partial charge in [-0.3, -0.25) is 0 Å². The van der Waals surface area contributed by atoms with Crippen LogP contribution in [0.2, 0.25) is 36.3 Å². The van der Waals surface area contributed by atoms with E-state index in [0.717, 1.165) is 42.8 Å². The lowest BCUT2D eigenvalue weighted by Crippen LogP contribution is -2.53. The van der Waals surface area contributed by atoms with E-state index in [2.05, 4.69) is 46.9 Å². The molecule has 0 spiro atoms. The molecule has 0 amide bonds. The minimum Gasteiger partial charge on any atom is -0.410 e. The van der Waals surface area contributed by atoms with Crippen LogP contribution in [0, 0.1) is 0 Å². The van der Waals surface area contributed by atoms with Crippen LogP contribution in [0.3, 0.4) is 0 Å². The van der Waals surface area contributed by atoms with E-state index in [-0.39, 0.29) is 18.8 Å². The summed E-state index contributed by atoms with van der Waals surface area (Å²) in [5.41, 5.74) is 0. The molecule has 1 saturated heterocycles. The molecule has 0 aromatic carbocycles. The SMILES string of the molecule is CC[Si](CC)(CC)O[C@H]([C@@H]1CN1)[C@@H](CO)O[Si](CC)(CC)CC. The van der Waals surface area contributed by atoms with Gasteiger partial charge in [0.25, 0.3) is 0 Å². The maximum absolute atomic E-state index is 10.0. The number of aliphatic hydroxyl groups is 1. The summed E-state index contributed by atoms with van der Waals surface area (Å²) in [6, 6.07) is 7.11. The molecule has 4 nitrogen and oxygen atoms in total. The van der Waals surface area contributed by atoms with Crippen molar-refractivity contribution in [3.8, 4) is 0 Å². The first-order valence-corrected chi connectivity index (χ1v) is 14.7. The van der Waals surface area contributed by atoms with Crippen LogP contribution in [-0.2, 0) is 8.85 Å². The van der Waals surface area contributed by atoms with Gasteiger partial charge in [-0.05, 0) is 36.3 Å². The van der Waals surface area contributed by atoms with Crippen molar-refractivity contribution in [3.05, 3.63) is 0 Å². The second-order valence-corrected chi connectivity index (χ2v) is 16.4. The lowest BCUT2D eigenvalue weighted by molar-refractivity contribution is 0.00280. The molecule has 1 aliphatic rings. The minimum absolute atomic E-state index is 0.0167. The highest BCUT2D eigenvalue weighted by molar-refractivity contribution is 6.74. The molecule has 1 rings (SSSR count). The lowest BCUT2D eigenvalue weighted by Gasteiger charge is -2.40. The quantitative estimate of drug-likeness (QED) is 0.387. The zero-order valence-corrected chi connectivity index (χ0v) is 18.2. The molecule has 0 aromatic rings. The summed E-state index contributed by atoms with van der Waals surface area (Å²) in [6.45, 7) is 14.5. The fraction of sp³-hybridized carbons (Fsp3) is 1.00. The molecule has 0 saturated carbocycles. The number of rotatable bonds is 13. The van der Waals surface area contributed by atoms with Gasteiger partial charge in [-0.15, -0.1) is 0 Å². The van der Waals surface area contributed by atoms with Gasteiger partial charge >= 0.3 is 0 Å². The third kappa shape index (κ3) is 5.37. The average Bonchev–Trinajstić information content (AvgIpc) is 3.44. The summed E-state index contributed by atoms with van der Waals surface area (Å²) in [4.78, 5) is 0. The molecule has 6 heteroatoms. The smallest absolute Gasteiger partial charge is 0.192 e. The van der Waals surface area contributed by atoms with Crippen molar-refractivity contribution in [2.75, 3.05) is 13.2 Å². The van der Waals surface area contributed by atoms with Crippen LogP contribution in [0.25, 0.3) is 0 Å². The van der Waals surface area contributed by atoms with E-state index >= 15 is 0 Å². The molecule has 1 heterocycles. The highest BCUT2D eigenvalue weighted by Gasteiger charge is 2.45. The fourth-order valence-corrected chi connectivity index (χ4v) is 9.28. The fourth-order valence-electron chi connectivity index (χ4n) is 3.54. The third-order valence-electron chi connectivity index (χ3n) is 6.04.